The van der Waals surface area contributed by atoms with Crippen LogP contribution in [-0.4, -0.2) is 12.8 Å². The monoisotopic (exact) mass is 486 g/mol. The van der Waals surface area contributed by atoms with Crippen molar-refractivity contribution in [2.45, 2.75) is 51.6 Å². The zero-order chi connectivity index (χ0) is 25.0. The average Bonchev–Trinajstić information content (AvgIpc) is 2.83. The first kappa shape index (κ1) is 25.0. The molecule has 4 rings (SSSR count). The molecule has 0 spiro atoms. The molecule has 3 aromatic rings. The highest BCUT2D eigenvalue weighted by atomic mass is 19.4. The molecule has 0 aromatic heterocycles. The maximum absolute atomic E-state index is 14.6. The van der Waals surface area contributed by atoms with E-state index in [1.807, 2.05) is 24.3 Å². The maximum Gasteiger partial charge on any atom is 0.422 e. The van der Waals surface area contributed by atoms with Crippen LogP contribution >= 0.6 is 0 Å². The third kappa shape index (κ3) is 6.33. The zero-order valence-corrected chi connectivity index (χ0v) is 19.5. The number of rotatable bonds is 5. The summed E-state index contributed by atoms with van der Waals surface area (Å²) in [6.07, 6.45) is 2.68. The predicted octanol–water partition coefficient (Wildman–Crippen LogP) is 8.68. The molecule has 3 aromatic carbocycles. The second-order valence-electron chi connectivity index (χ2n) is 9.19. The SMILES string of the molecule is CCCC1CCC(C#Cc2ccc(-c3ccc4c(F)c(OCC(F)(F)F)c(F)cc4c3)cc2)CC1. The van der Waals surface area contributed by atoms with Crippen LogP contribution in [0.5, 0.6) is 5.75 Å². The molecule has 0 bridgehead atoms. The maximum atomic E-state index is 14.6. The fourth-order valence-electron chi connectivity index (χ4n) is 4.71. The molecular formula is C29H27F5O. The molecule has 0 heterocycles. The molecule has 35 heavy (non-hydrogen) atoms. The van der Waals surface area contributed by atoms with Gasteiger partial charge in [0.25, 0.3) is 0 Å². The minimum atomic E-state index is -4.69. The Morgan fingerprint density at radius 2 is 1.60 bits per heavy atom. The van der Waals surface area contributed by atoms with Crippen molar-refractivity contribution in [3.63, 3.8) is 0 Å². The average molecular weight is 487 g/mol. The number of halogens is 5. The van der Waals surface area contributed by atoms with Gasteiger partial charge in [0.15, 0.2) is 24.0 Å². The highest BCUT2D eigenvalue weighted by molar-refractivity contribution is 5.89. The van der Waals surface area contributed by atoms with Gasteiger partial charge in [-0.3, -0.25) is 0 Å². The first-order valence-corrected chi connectivity index (χ1v) is 12.0. The number of benzene rings is 3. The topological polar surface area (TPSA) is 9.23 Å². The number of fused-ring (bicyclic) bond motifs is 1. The van der Waals surface area contributed by atoms with Crippen molar-refractivity contribution in [3.8, 4) is 28.7 Å². The van der Waals surface area contributed by atoms with Crippen LogP contribution < -0.4 is 4.74 Å². The van der Waals surface area contributed by atoms with Crippen LogP contribution in [0.2, 0.25) is 0 Å². The highest BCUT2D eigenvalue weighted by Gasteiger charge is 2.30. The van der Waals surface area contributed by atoms with Crippen molar-refractivity contribution < 1.29 is 26.7 Å². The number of ether oxygens (including phenoxy) is 1. The number of hydrogen-bond acceptors (Lipinski definition) is 1. The summed E-state index contributed by atoms with van der Waals surface area (Å²) in [5, 5.41) is 0.225. The quantitative estimate of drug-likeness (QED) is 0.259. The van der Waals surface area contributed by atoms with Crippen LogP contribution in [0.4, 0.5) is 22.0 Å². The van der Waals surface area contributed by atoms with Crippen molar-refractivity contribution in [1.29, 1.82) is 0 Å². The van der Waals surface area contributed by atoms with Gasteiger partial charge < -0.3 is 4.74 Å². The lowest BCUT2D eigenvalue weighted by Gasteiger charge is -2.25. The Labute approximate surface area is 202 Å². The minimum absolute atomic E-state index is 0.0107. The Balaban J connectivity index is 1.48. The fraction of sp³-hybridized carbons (Fsp3) is 0.379. The van der Waals surface area contributed by atoms with Gasteiger partial charge >= 0.3 is 6.18 Å². The van der Waals surface area contributed by atoms with Crippen molar-refractivity contribution in [1.82, 2.24) is 0 Å². The highest BCUT2D eigenvalue weighted by Crippen LogP contribution is 2.34. The van der Waals surface area contributed by atoms with Crippen LogP contribution in [-0.2, 0) is 0 Å². The number of hydrogen-bond donors (Lipinski definition) is 0. The molecule has 184 valence electrons. The lowest BCUT2D eigenvalue weighted by atomic mass is 9.80. The molecule has 0 amide bonds. The van der Waals surface area contributed by atoms with Gasteiger partial charge in [-0.25, -0.2) is 8.78 Å². The molecule has 1 aliphatic carbocycles. The molecule has 6 heteroatoms. The van der Waals surface area contributed by atoms with E-state index in [1.54, 1.807) is 12.1 Å². The molecule has 0 N–H and O–H groups in total. The second-order valence-corrected chi connectivity index (χ2v) is 9.19. The van der Waals surface area contributed by atoms with Crippen molar-refractivity contribution in [2.75, 3.05) is 6.61 Å². The molecule has 1 aliphatic rings. The van der Waals surface area contributed by atoms with Crippen molar-refractivity contribution >= 4 is 10.8 Å². The normalized spacial score (nSPS) is 18.2. The molecule has 0 atom stereocenters. The Morgan fingerprint density at radius 3 is 2.26 bits per heavy atom. The first-order chi connectivity index (χ1) is 16.7. The molecule has 0 unspecified atom stereocenters. The third-order valence-corrected chi connectivity index (χ3v) is 6.55. The van der Waals surface area contributed by atoms with Crippen molar-refractivity contribution in [2.24, 2.45) is 11.8 Å². The van der Waals surface area contributed by atoms with Crippen LogP contribution in [0.25, 0.3) is 21.9 Å². The minimum Gasteiger partial charge on any atom is -0.478 e. The van der Waals surface area contributed by atoms with E-state index in [2.05, 4.69) is 23.5 Å². The second kappa shape index (κ2) is 10.7. The standard InChI is InChI=1S/C29H27F5O/c1-2-3-19-4-6-20(7-5-19)8-9-21-10-12-22(13-11-21)23-14-15-25-24(16-23)17-26(30)28(27(25)31)35-18-29(32,33)34/h10-17,19-20H,2-7,18H2,1H3. The van der Waals surface area contributed by atoms with Gasteiger partial charge in [-0.1, -0.05) is 55.9 Å². The third-order valence-electron chi connectivity index (χ3n) is 6.55. The van der Waals surface area contributed by atoms with Gasteiger partial charge in [-0.15, -0.1) is 0 Å². The van der Waals surface area contributed by atoms with Crippen LogP contribution in [0.1, 0.15) is 51.0 Å². The number of alkyl halides is 3. The van der Waals surface area contributed by atoms with Gasteiger partial charge in [0.2, 0.25) is 0 Å². The van der Waals surface area contributed by atoms with Crippen LogP contribution in [0, 0.1) is 35.3 Å². The van der Waals surface area contributed by atoms with Gasteiger partial charge in [-0.2, -0.15) is 13.2 Å². The van der Waals surface area contributed by atoms with Crippen molar-refractivity contribution in [3.05, 3.63) is 65.7 Å². The Kier molecular flexibility index (Phi) is 7.64. The van der Waals surface area contributed by atoms with Crippen LogP contribution in [0.15, 0.2) is 48.5 Å². The zero-order valence-electron chi connectivity index (χ0n) is 19.5. The van der Waals surface area contributed by atoms with E-state index in [1.165, 1.54) is 31.7 Å². The first-order valence-electron chi connectivity index (χ1n) is 12.0. The molecule has 0 saturated heterocycles. The largest absolute Gasteiger partial charge is 0.478 e. The van der Waals surface area contributed by atoms with Gasteiger partial charge in [0.1, 0.15) is 0 Å². The van der Waals surface area contributed by atoms with Crippen LogP contribution in [0.3, 0.4) is 0 Å². The summed E-state index contributed by atoms with van der Waals surface area (Å²) in [5.74, 6) is 4.62. The van der Waals surface area contributed by atoms with E-state index in [-0.39, 0.29) is 10.8 Å². The van der Waals surface area contributed by atoms with Gasteiger partial charge in [0.05, 0.1) is 0 Å². The Morgan fingerprint density at radius 1 is 0.914 bits per heavy atom. The lowest BCUT2D eigenvalue weighted by molar-refractivity contribution is -0.154. The summed E-state index contributed by atoms with van der Waals surface area (Å²) in [6, 6.07) is 13.3. The molecule has 0 radical (unpaired) electrons. The van der Waals surface area contributed by atoms with Gasteiger partial charge in [0, 0.05) is 16.9 Å². The predicted molar refractivity (Wildman–Crippen MR) is 128 cm³/mol. The Hall–Kier alpha value is -3.07. The summed E-state index contributed by atoms with van der Waals surface area (Å²) >= 11 is 0. The summed E-state index contributed by atoms with van der Waals surface area (Å²) in [5.41, 5.74) is 2.48. The summed E-state index contributed by atoms with van der Waals surface area (Å²) in [7, 11) is 0. The molecular weight excluding hydrogens is 459 g/mol. The molecule has 1 saturated carbocycles. The molecule has 1 nitrogen and oxygen atoms in total. The van der Waals surface area contributed by atoms with E-state index in [0.717, 1.165) is 41.5 Å². The van der Waals surface area contributed by atoms with E-state index >= 15 is 0 Å². The Bertz CT molecular complexity index is 1230. The molecule has 1 fully saturated rings. The fourth-order valence-corrected chi connectivity index (χ4v) is 4.71. The van der Waals surface area contributed by atoms with E-state index in [0.29, 0.717) is 5.92 Å². The summed E-state index contributed by atoms with van der Waals surface area (Å²) < 4.78 is 70.5. The lowest BCUT2D eigenvalue weighted by Crippen LogP contribution is -2.20. The van der Waals surface area contributed by atoms with E-state index < -0.39 is 30.2 Å². The summed E-state index contributed by atoms with van der Waals surface area (Å²) in [4.78, 5) is 0. The van der Waals surface area contributed by atoms with E-state index in [4.69, 9.17) is 0 Å². The van der Waals surface area contributed by atoms with Gasteiger partial charge in [-0.05, 0) is 72.4 Å². The smallest absolute Gasteiger partial charge is 0.422 e. The summed E-state index contributed by atoms with van der Waals surface area (Å²) in [6.45, 7) is 0.470. The molecule has 0 aliphatic heterocycles. The van der Waals surface area contributed by atoms with E-state index in [9.17, 15) is 22.0 Å².